The van der Waals surface area contributed by atoms with Crippen LogP contribution in [0.4, 0.5) is 0 Å². The molecule has 98 valence electrons. The Morgan fingerprint density at radius 2 is 2.28 bits per heavy atom. The first kappa shape index (κ1) is 14.0. The predicted molar refractivity (Wildman–Crippen MR) is 75.0 cm³/mol. The summed E-state index contributed by atoms with van der Waals surface area (Å²) in [6.45, 7) is 0.244. The SMILES string of the molecule is COCOCc1c([S+](C)[O-])sc2ccsc2c1=O. The van der Waals surface area contributed by atoms with E-state index in [4.69, 9.17) is 9.47 Å². The molecule has 2 aromatic rings. The van der Waals surface area contributed by atoms with Crippen LogP contribution in [-0.2, 0) is 27.3 Å². The number of hydrogen-bond donors (Lipinski definition) is 0. The molecule has 0 saturated heterocycles. The van der Waals surface area contributed by atoms with Crippen molar-refractivity contribution in [1.29, 1.82) is 0 Å². The summed E-state index contributed by atoms with van der Waals surface area (Å²) in [4.78, 5) is 12.3. The molecule has 2 aromatic heterocycles. The van der Waals surface area contributed by atoms with E-state index in [2.05, 4.69) is 0 Å². The molecule has 18 heavy (non-hydrogen) atoms. The minimum absolute atomic E-state index is 0.0833. The maximum atomic E-state index is 12.3. The van der Waals surface area contributed by atoms with E-state index in [1.54, 1.807) is 6.26 Å². The van der Waals surface area contributed by atoms with Crippen LogP contribution in [0.3, 0.4) is 0 Å². The number of ether oxygens (including phenoxy) is 2. The van der Waals surface area contributed by atoms with Crippen molar-refractivity contribution in [1.82, 2.24) is 0 Å². The van der Waals surface area contributed by atoms with Gasteiger partial charge in [-0.1, -0.05) is 11.3 Å². The van der Waals surface area contributed by atoms with Crippen LogP contribution >= 0.6 is 22.7 Å². The Kier molecular flexibility index (Phi) is 4.77. The number of methoxy groups -OCH3 is 1. The van der Waals surface area contributed by atoms with Gasteiger partial charge in [0.25, 0.3) is 0 Å². The second kappa shape index (κ2) is 6.14. The number of thiophene rings is 1. The van der Waals surface area contributed by atoms with E-state index in [-0.39, 0.29) is 18.8 Å². The summed E-state index contributed by atoms with van der Waals surface area (Å²) in [5, 5.41) is 1.87. The lowest BCUT2D eigenvalue weighted by molar-refractivity contribution is -0.0398. The molecule has 0 N–H and O–H groups in total. The third-order valence-electron chi connectivity index (χ3n) is 2.27. The molecule has 0 aliphatic carbocycles. The van der Waals surface area contributed by atoms with Gasteiger partial charge in [0.2, 0.25) is 9.64 Å². The van der Waals surface area contributed by atoms with E-state index in [0.29, 0.717) is 14.5 Å². The summed E-state index contributed by atoms with van der Waals surface area (Å²) < 4.78 is 23.9. The maximum absolute atomic E-state index is 12.3. The highest BCUT2D eigenvalue weighted by atomic mass is 32.2. The van der Waals surface area contributed by atoms with Crippen molar-refractivity contribution in [2.24, 2.45) is 0 Å². The summed E-state index contributed by atoms with van der Waals surface area (Å²) in [5.41, 5.74) is 0.396. The van der Waals surface area contributed by atoms with Crippen LogP contribution in [0.5, 0.6) is 0 Å². The first-order valence-corrected chi connectivity index (χ1v) is 8.34. The maximum Gasteiger partial charge on any atom is 0.216 e. The normalized spacial score (nSPS) is 13.1. The Hall–Kier alpha value is -0.440. The second-order valence-electron chi connectivity index (χ2n) is 3.52. The van der Waals surface area contributed by atoms with Gasteiger partial charge < -0.3 is 14.0 Å². The number of fused-ring (bicyclic) bond motifs is 1. The second-order valence-corrected chi connectivity index (χ2v) is 7.06. The standard InChI is InChI=1S/C11H12O4S3/c1-14-6-15-5-7-9(12)10-8(3-4-16-10)17-11(7)18(2)13/h3-4H,5-6H2,1-2H3. The summed E-state index contributed by atoms with van der Waals surface area (Å²) in [7, 11) is 1.52. The van der Waals surface area contributed by atoms with E-state index in [9.17, 15) is 9.35 Å². The van der Waals surface area contributed by atoms with E-state index in [0.717, 1.165) is 4.70 Å². The molecule has 2 rings (SSSR count). The van der Waals surface area contributed by atoms with Gasteiger partial charge in [-0.15, -0.1) is 11.3 Å². The van der Waals surface area contributed by atoms with Gasteiger partial charge >= 0.3 is 0 Å². The molecule has 0 bridgehead atoms. The molecular weight excluding hydrogens is 292 g/mol. The van der Waals surface area contributed by atoms with Gasteiger partial charge in [-0.25, -0.2) is 0 Å². The molecular formula is C11H12O4S3. The highest BCUT2D eigenvalue weighted by molar-refractivity contribution is 7.93. The van der Waals surface area contributed by atoms with Crippen molar-refractivity contribution in [2.45, 2.75) is 10.8 Å². The summed E-state index contributed by atoms with van der Waals surface area (Å²) in [6.07, 6.45) is 1.57. The van der Waals surface area contributed by atoms with E-state index >= 15 is 0 Å². The zero-order valence-electron chi connectivity index (χ0n) is 9.93. The minimum atomic E-state index is -1.19. The van der Waals surface area contributed by atoms with Crippen molar-refractivity contribution in [2.75, 3.05) is 20.2 Å². The van der Waals surface area contributed by atoms with Gasteiger partial charge in [-0.05, 0) is 22.6 Å². The smallest absolute Gasteiger partial charge is 0.216 e. The van der Waals surface area contributed by atoms with Crippen molar-refractivity contribution < 1.29 is 14.0 Å². The Morgan fingerprint density at radius 1 is 1.50 bits per heavy atom. The zero-order chi connectivity index (χ0) is 13.1. The Morgan fingerprint density at radius 3 is 2.94 bits per heavy atom. The molecule has 0 aliphatic rings. The van der Waals surface area contributed by atoms with Crippen molar-refractivity contribution in [3.05, 3.63) is 27.2 Å². The molecule has 1 unspecified atom stereocenters. The van der Waals surface area contributed by atoms with Crippen LogP contribution in [0.25, 0.3) is 9.40 Å². The number of hydrogen-bond acceptors (Lipinski definition) is 6. The van der Waals surface area contributed by atoms with Gasteiger partial charge in [0, 0.05) is 7.11 Å². The molecule has 0 radical (unpaired) electrons. The molecule has 0 aliphatic heterocycles. The quantitative estimate of drug-likeness (QED) is 0.482. The fraction of sp³-hybridized carbons (Fsp3) is 0.364. The summed E-state index contributed by atoms with van der Waals surface area (Å²) in [5.74, 6) is 0. The Bertz CT molecular complexity index is 587. The first-order valence-electron chi connectivity index (χ1n) is 5.08. The van der Waals surface area contributed by atoms with Gasteiger partial charge in [-0.2, -0.15) is 0 Å². The zero-order valence-corrected chi connectivity index (χ0v) is 12.4. The Labute approximate surface area is 115 Å². The molecule has 7 heteroatoms. The molecule has 2 heterocycles. The fourth-order valence-electron chi connectivity index (χ4n) is 1.52. The molecule has 0 fully saturated rings. The molecule has 0 aromatic carbocycles. The van der Waals surface area contributed by atoms with Crippen molar-refractivity contribution in [3.8, 4) is 0 Å². The minimum Gasteiger partial charge on any atom is -0.611 e. The third kappa shape index (κ3) is 2.76. The van der Waals surface area contributed by atoms with Gasteiger partial charge in [0.1, 0.15) is 13.0 Å². The lowest BCUT2D eigenvalue weighted by Crippen LogP contribution is -2.15. The third-order valence-corrected chi connectivity index (χ3v) is 6.02. The van der Waals surface area contributed by atoms with E-state index in [1.807, 2.05) is 11.4 Å². The van der Waals surface area contributed by atoms with Crippen LogP contribution < -0.4 is 5.43 Å². The van der Waals surface area contributed by atoms with Crippen molar-refractivity contribution in [3.63, 3.8) is 0 Å². The lowest BCUT2D eigenvalue weighted by Gasteiger charge is -2.09. The van der Waals surface area contributed by atoms with Crippen LogP contribution in [-0.4, -0.2) is 24.7 Å². The van der Waals surface area contributed by atoms with Crippen LogP contribution in [0, 0.1) is 0 Å². The largest absolute Gasteiger partial charge is 0.611 e. The highest BCUT2D eigenvalue weighted by Crippen LogP contribution is 2.29. The van der Waals surface area contributed by atoms with Gasteiger partial charge in [-0.3, -0.25) is 4.79 Å². The fourth-order valence-corrected chi connectivity index (χ4v) is 4.66. The van der Waals surface area contributed by atoms with Gasteiger partial charge in [0.05, 0.1) is 21.6 Å². The summed E-state index contributed by atoms with van der Waals surface area (Å²) in [6, 6.07) is 1.88. The molecule has 1 atom stereocenters. The summed E-state index contributed by atoms with van der Waals surface area (Å²) >= 11 is 1.60. The molecule has 0 spiro atoms. The van der Waals surface area contributed by atoms with E-state index in [1.165, 1.54) is 29.8 Å². The lowest BCUT2D eigenvalue weighted by atomic mass is 10.3. The average Bonchev–Trinajstić information content (AvgIpc) is 2.80. The number of rotatable bonds is 5. The monoisotopic (exact) mass is 304 g/mol. The van der Waals surface area contributed by atoms with Crippen molar-refractivity contribution >= 4 is 43.2 Å². The molecule has 0 saturated carbocycles. The first-order chi connectivity index (χ1) is 8.65. The molecule has 0 amide bonds. The topological polar surface area (TPSA) is 58.6 Å². The predicted octanol–water partition coefficient (Wildman–Crippen LogP) is 2.18. The van der Waals surface area contributed by atoms with Crippen LogP contribution in [0.2, 0.25) is 0 Å². The van der Waals surface area contributed by atoms with E-state index < -0.39 is 11.2 Å². The van der Waals surface area contributed by atoms with Crippen LogP contribution in [0.15, 0.2) is 20.5 Å². The van der Waals surface area contributed by atoms with Gasteiger partial charge in [0.15, 0.2) is 0 Å². The van der Waals surface area contributed by atoms with Crippen LogP contribution in [0.1, 0.15) is 5.56 Å². The average molecular weight is 304 g/mol. The highest BCUT2D eigenvalue weighted by Gasteiger charge is 2.20. The Balaban J connectivity index is 2.49. The molecule has 4 nitrogen and oxygen atoms in total.